The number of benzene rings is 1. The Hall–Kier alpha value is -0.980. The molecule has 1 heterocycles. The van der Waals surface area contributed by atoms with Crippen LogP contribution in [0, 0.1) is 0 Å². The molecule has 0 saturated heterocycles. The molecule has 1 atom stereocenters. The van der Waals surface area contributed by atoms with E-state index in [1.54, 1.807) is 23.5 Å². The van der Waals surface area contributed by atoms with Gasteiger partial charge in [0.05, 0.1) is 6.04 Å². The topological polar surface area (TPSA) is 21.3 Å². The minimum Gasteiger partial charge on any atom is -0.435 e. The molecule has 1 unspecified atom stereocenters. The monoisotopic (exact) mass is 361 g/mol. The summed E-state index contributed by atoms with van der Waals surface area (Å²) < 4.78 is 30.1. The van der Waals surface area contributed by atoms with Crippen molar-refractivity contribution in [1.82, 2.24) is 5.32 Å². The molecule has 1 aromatic heterocycles. The number of hydrogen-bond acceptors (Lipinski definition) is 3. The summed E-state index contributed by atoms with van der Waals surface area (Å²) in [5.41, 5.74) is 0.896. The maximum atomic E-state index is 12.3. The Labute approximate surface area is 128 Å². The van der Waals surface area contributed by atoms with Gasteiger partial charge in [0.1, 0.15) is 5.75 Å². The van der Waals surface area contributed by atoms with Crippen LogP contribution in [0.3, 0.4) is 0 Å². The molecule has 0 fully saturated rings. The molecule has 0 aliphatic heterocycles. The lowest BCUT2D eigenvalue weighted by Gasteiger charge is -2.18. The Bertz CT molecular complexity index is 562. The van der Waals surface area contributed by atoms with Crippen LogP contribution in [0.4, 0.5) is 8.78 Å². The Morgan fingerprint density at radius 2 is 2.15 bits per heavy atom. The van der Waals surface area contributed by atoms with Gasteiger partial charge >= 0.3 is 6.61 Å². The lowest BCUT2D eigenvalue weighted by Crippen LogP contribution is -2.21. The molecule has 2 aromatic rings. The Morgan fingerprint density at radius 3 is 2.75 bits per heavy atom. The molecular weight excluding hydrogens is 348 g/mol. The molecule has 2 nitrogen and oxygen atoms in total. The Kier molecular flexibility index (Phi) is 5.51. The summed E-state index contributed by atoms with van der Waals surface area (Å²) >= 11 is 5.13. The van der Waals surface area contributed by atoms with Gasteiger partial charge in [0.2, 0.25) is 0 Å². The van der Waals surface area contributed by atoms with Crippen LogP contribution in [0.5, 0.6) is 5.75 Å². The third kappa shape index (κ3) is 3.77. The molecule has 6 heteroatoms. The molecule has 0 aliphatic rings. The fraction of sp³-hybridized carbons (Fsp3) is 0.286. The van der Waals surface area contributed by atoms with E-state index in [-0.39, 0.29) is 11.8 Å². The van der Waals surface area contributed by atoms with Crippen molar-refractivity contribution >= 4 is 27.3 Å². The minimum absolute atomic E-state index is 0.0457. The standard InChI is InChI=1S/C14H14BrF2NOS/c1-2-18-12(13-11(15)6-7-20-13)9-4-3-5-10(8-9)19-14(16)17/h3-8,12,14,18H,2H2,1H3. The molecule has 0 saturated carbocycles. The average molecular weight is 362 g/mol. The van der Waals surface area contributed by atoms with Gasteiger partial charge in [-0.2, -0.15) is 8.78 Å². The van der Waals surface area contributed by atoms with Crippen molar-refractivity contribution in [2.75, 3.05) is 6.54 Å². The maximum Gasteiger partial charge on any atom is 0.387 e. The van der Waals surface area contributed by atoms with Crippen LogP contribution >= 0.6 is 27.3 Å². The van der Waals surface area contributed by atoms with Gasteiger partial charge in [0, 0.05) is 9.35 Å². The van der Waals surface area contributed by atoms with Gasteiger partial charge in [-0.3, -0.25) is 0 Å². The summed E-state index contributed by atoms with van der Waals surface area (Å²) in [7, 11) is 0. The zero-order valence-electron chi connectivity index (χ0n) is 10.8. The predicted octanol–water partition coefficient (Wildman–Crippen LogP) is 4.81. The van der Waals surface area contributed by atoms with E-state index in [4.69, 9.17) is 0 Å². The summed E-state index contributed by atoms with van der Waals surface area (Å²) in [4.78, 5) is 1.11. The number of ether oxygens (including phenoxy) is 1. The highest BCUT2D eigenvalue weighted by molar-refractivity contribution is 9.10. The van der Waals surface area contributed by atoms with E-state index in [0.29, 0.717) is 0 Å². The molecule has 0 amide bonds. The van der Waals surface area contributed by atoms with Crippen LogP contribution in [0.15, 0.2) is 40.2 Å². The second kappa shape index (κ2) is 7.15. The highest BCUT2D eigenvalue weighted by Gasteiger charge is 2.18. The average Bonchev–Trinajstić information content (AvgIpc) is 2.81. The van der Waals surface area contributed by atoms with Gasteiger partial charge < -0.3 is 10.1 Å². The van der Waals surface area contributed by atoms with Crippen LogP contribution in [0.25, 0.3) is 0 Å². The van der Waals surface area contributed by atoms with Gasteiger partial charge in [-0.05, 0) is 51.6 Å². The van der Waals surface area contributed by atoms with Gasteiger partial charge in [-0.1, -0.05) is 19.1 Å². The largest absolute Gasteiger partial charge is 0.435 e. The molecule has 108 valence electrons. The van der Waals surface area contributed by atoms with E-state index in [1.807, 2.05) is 24.4 Å². The van der Waals surface area contributed by atoms with Crippen LogP contribution in [0.2, 0.25) is 0 Å². The first kappa shape index (κ1) is 15.4. The van der Waals surface area contributed by atoms with Crippen molar-refractivity contribution in [1.29, 1.82) is 0 Å². The number of halogens is 3. The zero-order valence-corrected chi connectivity index (χ0v) is 13.2. The number of hydrogen-bond donors (Lipinski definition) is 1. The minimum atomic E-state index is -2.81. The van der Waals surface area contributed by atoms with Crippen LogP contribution in [0.1, 0.15) is 23.4 Å². The van der Waals surface area contributed by atoms with Gasteiger partial charge in [0.15, 0.2) is 0 Å². The summed E-state index contributed by atoms with van der Waals surface area (Å²) in [6.07, 6.45) is 0. The van der Waals surface area contributed by atoms with E-state index in [9.17, 15) is 8.78 Å². The Balaban J connectivity index is 2.32. The number of thiophene rings is 1. The van der Waals surface area contributed by atoms with Crippen molar-refractivity contribution in [3.05, 3.63) is 50.6 Å². The lowest BCUT2D eigenvalue weighted by atomic mass is 10.1. The third-order valence-corrected chi connectivity index (χ3v) is 4.67. The highest BCUT2D eigenvalue weighted by Crippen LogP contribution is 2.34. The van der Waals surface area contributed by atoms with E-state index in [1.165, 1.54) is 6.07 Å². The van der Waals surface area contributed by atoms with Crippen molar-refractivity contribution in [2.24, 2.45) is 0 Å². The number of alkyl halides is 2. The molecule has 2 rings (SSSR count). The summed E-state index contributed by atoms with van der Waals surface area (Å²) in [5.74, 6) is 0.174. The van der Waals surface area contributed by atoms with E-state index in [2.05, 4.69) is 26.0 Å². The summed E-state index contributed by atoms with van der Waals surface area (Å²) in [6, 6.07) is 8.73. The lowest BCUT2D eigenvalue weighted by molar-refractivity contribution is -0.0498. The van der Waals surface area contributed by atoms with Crippen LogP contribution < -0.4 is 10.1 Å². The molecule has 1 N–H and O–H groups in total. The van der Waals surface area contributed by atoms with Gasteiger partial charge in [0.25, 0.3) is 0 Å². The third-order valence-electron chi connectivity index (χ3n) is 2.73. The molecule has 0 spiro atoms. The van der Waals surface area contributed by atoms with Gasteiger partial charge in [-0.25, -0.2) is 0 Å². The predicted molar refractivity (Wildman–Crippen MR) is 80.6 cm³/mol. The van der Waals surface area contributed by atoms with Crippen molar-refractivity contribution < 1.29 is 13.5 Å². The summed E-state index contributed by atoms with van der Waals surface area (Å²) in [6.45, 7) is -0.0283. The Morgan fingerprint density at radius 1 is 1.35 bits per heavy atom. The first-order valence-electron chi connectivity index (χ1n) is 6.13. The fourth-order valence-electron chi connectivity index (χ4n) is 1.95. The number of rotatable bonds is 6. The summed E-state index contributed by atoms with van der Waals surface area (Å²) in [5, 5.41) is 5.35. The molecule has 0 radical (unpaired) electrons. The number of nitrogens with one attached hydrogen (secondary N) is 1. The van der Waals surface area contributed by atoms with Crippen molar-refractivity contribution in [2.45, 2.75) is 19.6 Å². The van der Waals surface area contributed by atoms with Crippen molar-refractivity contribution in [3.63, 3.8) is 0 Å². The van der Waals surface area contributed by atoms with E-state index < -0.39 is 6.61 Å². The fourth-order valence-corrected chi connectivity index (χ4v) is 3.65. The van der Waals surface area contributed by atoms with Crippen molar-refractivity contribution in [3.8, 4) is 5.75 Å². The van der Waals surface area contributed by atoms with Crippen LogP contribution in [-0.4, -0.2) is 13.2 Å². The SMILES string of the molecule is CCNC(c1cccc(OC(F)F)c1)c1sccc1Br. The van der Waals surface area contributed by atoms with Gasteiger partial charge in [-0.15, -0.1) is 11.3 Å². The quantitative estimate of drug-likeness (QED) is 0.796. The van der Waals surface area contributed by atoms with E-state index in [0.717, 1.165) is 21.5 Å². The zero-order chi connectivity index (χ0) is 14.5. The molecule has 0 aliphatic carbocycles. The smallest absolute Gasteiger partial charge is 0.387 e. The first-order valence-corrected chi connectivity index (χ1v) is 7.80. The second-order valence-electron chi connectivity index (χ2n) is 4.07. The highest BCUT2D eigenvalue weighted by atomic mass is 79.9. The second-order valence-corrected chi connectivity index (χ2v) is 5.88. The molecule has 0 bridgehead atoms. The molecule has 20 heavy (non-hydrogen) atoms. The first-order chi connectivity index (χ1) is 9.61. The normalized spacial score (nSPS) is 12.7. The molecular formula is C14H14BrF2NOS. The van der Waals surface area contributed by atoms with E-state index >= 15 is 0 Å². The maximum absolute atomic E-state index is 12.3. The van der Waals surface area contributed by atoms with Crippen LogP contribution in [-0.2, 0) is 0 Å². The molecule has 1 aromatic carbocycles.